The largest absolute Gasteiger partial charge is 0.316 e. The van der Waals surface area contributed by atoms with Gasteiger partial charge in [0.15, 0.2) is 0 Å². The lowest BCUT2D eigenvalue weighted by atomic mass is 10.0. The molecule has 0 aliphatic heterocycles. The Morgan fingerprint density at radius 1 is 0.464 bits per heavy atom. The average molecular weight is 399 g/mol. The van der Waals surface area contributed by atoms with E-state index in [0.717, 1.165) is 0 Å². The number of nitrogens with zero attached hydrogens (tertiary/aromatic N) is 1. The SMILES string of the molecule is CC(N)N(C)C.CCCCCCCCCCCCCCCCCCCCCC. The third-order valence-electron chi connectivity index (χ3n) is 5.77. The van der Waals surface area contributed by atoms with Crippen LogP contribution in [0.15, 0.2) is 0 Å². The Hall–Kier alpha value is -0.0800. The number of hydrogen-bond donors (Lipinski definition) is 1. The van der Waals surface area contributed by atoms with Gasteiger partial charge in [-0.1, -0.05) is 142 Å². The third-order valence-corrected chi connectivity index (χ3v) is 5.77. The topological polar surface area (TPSA) is 29.3 Å². The zero-order chi connectivity index (χ0) is 21.3. The zero-order valence-electron chi connectivity index (χ0n) is 20.7. The van der Waals surface area contributed by atoms with Crippen LogP contribution >= 0.6 is 0 Å². The van der Waals surface area contributed by atoms with E-state index in [1.165, 1.54) is 128 Å². The van der Waals surface area contributed by atoms with Crippen LogP contribution in [0.5, 0.6) is 0 Å². The second kappa shape index (κ2) is 26.9. The summed E-state index contributed by atoms with van der Waals surface area (Å²) in [6.07, 6.45) is 29.6. The maximum Gasteiger partial charge on any atom is 0.0537 e. The molecule has 0 aromatic rings. The summed E-state index contributed by atoms with van der Waals surface area (Å²) in [4.78, 5) is 1.94. The van der Waals surface area contributed by atoms with E-state index in [-0.39, 0.29) is 6.17 Å². The van der Waals surface area contributed by atoms with Crippen LogP contribution < -0.4 is 5.73 Å². The minimum Gasteiger partial charge on any atom is -0.316 e. The van der Waals surface area contributed by atoms with Gasteiger partial charge in [0.25, 0.3) is 0 Å². The Morgan fingerprint density at radius 3 is 0.714 bits per heavy atom. The van der Waals surface area contributed by atoms with Gasteiger partial charge in [0.2, 0.25) is 0 Å². The summed E-state index contributed by atoms with van der Waals surface area (Å²) in [5, 5.41) is 0. The fraction of sp³-hybridized carbons (Fsp3) is 1.00. The highest BCUT2D eigenvalue weighted by Crippen LogP contribution is 2.14. The van der Waals surface area contributed by atoms with Gasteiger partial charge in [-0.15, -0.1) is 0 Å². The summed E-state index contributed by atoms with van der Waals surface area (Å²) >= 11 is 0. The highest BCUT2D eigenvalue weighted by atomic mass is 15.2. The molecule has 0 bridgehead atoms. The van der Waals surface area contributed by atoms with Crippen molar-refractivity contribution in [1.82, 2.24) is 4.90 Å². The molecule has 2 N–H and O–H groups in total. The van der Waals surface area contributed by atoms with E-state index in [2.05, 4.69) is 13.8 Å². The van der Waals surface area contributed by atoms with Crippen molar-refractivity contribution in [1.29, 1.82) is 0 Å². The Balaban J connectivity index is 0. The molecular formula is C26H58N2. The molecule has 0 saturated carbocycles. The highest BCUT2D eigenvalue weighted by molar-refractivity contribution is 4.50. The molecule has 0 spiro atoms. The maximum atomic E-state index is 5.36. The van der Waals surface area contributed by atoms with Crippen molar-refractivity contribution in [3.63, 3.8) is 0 Å². The van der Waals surface area contributed by atoms with Crippen LogP contribution in [0.1, 0.15) is 149 Å². The molecular weight excluding hydrogens is 340 g/mol. The highest BCUT2D eigenvalue weighted by Gasteiger charge is 1.95. The normalized spacial score (nSPS) is 12.1. The van der Waals surface area contributed by atoms with Crippen LogP contribution in [0.4, 0.5) is 0 Å². The van der Waals surface area contributed by atoms with Crippen LogP contribution in [0.25, 0.3) is 0 Å². The van der Waals surface area contributed by atoms with E-state index in [0.29, 0.717) is 0 Å². The van der Waals surface area contributed by atoms with Gasteiger partial charge in [-0.2, -0.15) is 0 Å². The molecule has 0 fully saturated rings. The number of unbranched alkanes of at least 4 members (excludes halogenated alkanes) is 19. The summed E-state index contributed by atoms with van der Waals surface area (Å²) in [7, 11) is 3.90. The number of hydrogen-bond acceptors (Lipinski definition) is 2. The molecule has 0 radical (unpaired) electrons. The van der Waals surface area contributed by atoms with Gasteiger partial charge in [0.05, 0.1) is 6.17 Å². The summed E-state index contributed by atoms with van der Waals surface area (Å²) in [5.74, 6) is 0. The number of rotatable bonds is 20. The zero-order valence-corrected chi connectivity index (χ0v) is 20.7. The Labute approximate surface area is 180 Å². The van der Waals surface area contributed by atoms with Crippen LogP contribution in [-0.4, -0.2) is 25.2 Å². The first-order valence-electron chi connectivity index (χ1n) is 13.0. The lowest BCUT2D eigenvalue weighted by Gasteiger charge is -2.12. The summed E-state index contributed by atoms with van der Waals surface area (Å²) < 4.78 is 0. The first-order valence-corrected chi connectivity index (χ1v) is 13.0. The molecule has 0 saturated heterocycles. The average Bonchev–Trinajstić information content (AvgIpc) is 2.67. The minimum absolute atomic E-state index is 0.185. The standard InChI is InChI=1S/C22H46.C4H12N2/c1-3-5-7-9-11-13-15-17-19-21-22-20-18-16-14-12-10-8-6-4-2;1-4(5)6(2)3/h3-22H2,1-2H3;4H,5H2,1-3H3. The van der Waals surface area contributed by atoms with Crippen molar-refractivity contribution in [2.45, 2.75) is 155 Å². The van der Waals surface area contributed by atoms with Crippen LogP contribution in [0.3, 0.4) is 0 Å². The van der Waals surface area contributed by atoms with Crippen molar-refractivity contribution in [3.8, 4) is 0 Å². The molecule has 0 aromatic heterocycles. The number of nitrogens with two attached hydrogens (primary N) is 1. The Morgan fingerprint density at radius 2 is 0.607 bits per heavy atom. The first-order chi connectivity index (χ1) is 13.6. The van der Waals surface area contributed by atoms with E-state index in [4.69, 9.17) is 5.73 Å². The van der Waals surface area contributed by atoms with Crippen molar-refractivity contribution < 1.29 is 0 Å². The molecule has 0 rings (SSSR count). The lowest BCUT2D eigenvalue weighted by Crippen LogP contribution is -2.32. The summed E-state index contributed by atoms with van der Waals surface area (Å²) in [5.41, 5.74) is 5.36. The molecule has 28 heavy (non-hydrogen) atoms. The molecule has 0 amide bonds. The van der Waals surface area contributed by atoms with Gasteiger partial charge >= 0.3 is 0 Å². The van der Waals surface area contributed by atoms with Crippen LogP contribution in [-0.2, 0) is 0 Å². The lowest BCUT2D eigenvalue weighted by molar-refractivity contribution is 0.322. The summed E-state index contributed by atoms with van der Waals surface area (Å²) in [6, 6.07) is 0. The van der Waals surface area contributed by atoms with E-state index in [1.54, 1.807) is 0 Å². The van der Waals surface area contributed by atoms with Crippen molar-refractivity contribution in [3.05, 3.63) is 0 Å². The second-order valence-corrected chi connectivity index (χ2v) is 9.07. The molecule has 2 nitrogen and oxygen atoms in total. The quantitative estimate of drug-likeness (QED) is 0.164. The predicted molar refractivity (Wildman–Crippen MR) is 131 cm³/mol. The fourth-order valence-electron chi connectivity index (χ4n) is 3.33. The molecule has 0 aliphatic rings. The summed E-state index contributed by atoms with van der Waals surface area (Å²) in [6.45, 7) is 6.54. The van der Waals surface area contributed by atoms with Crippen LogP contribution in [0, 0.1) is 0 Å². The van der Waals surface area contributed by atoms with Gasteiger partial charge in [0.1, 0.15) is 0 Å². The Bertz CT molecular complexity index is 225. The molecule has 0 aliphatic carbocycles. The fourth-order valence-corrected chi connectivity index (χ4v) is 3.33. The minimum atomic E-state index is 0.185. The van der Waals surface area contributed by atoms with Crippen molar-refractivity contribution in [2.75, 3.05) is 14.1 Å². The smallest absolute Gasteiger partial charge is 0.0537 e. The predicted octanol–water partition coefficient (Wildman–Crippen LogP) is 8.68. The van der Waals surface area contributed by atoms with Gasteiger partial charge in [-0.25, -0.2) is 0 Å². The molecule has 1 unspecified atom stereocenters. The first kappa shape index (κ1) is 30.1. The van der Waals surface area contributed by atoms with Gasteiger partial charge in [-0.05, 0) is 21.0 Å². The second-order valence-electron chi connectivity index (χ2n) is 9.07. The van der Waals surface area contributed by atoms with E-state index in [1.807, 2.05) is 25.9 Å². The molecule has 0 aromatic carbocycles. The van der Waals surface area contributed by atoms with Crippen LogP contribution in [0.2, 0.25) is 0 Å². The molecule has 0 heterocycles. The van der Waals surface area contributed by atoms with E-state index >= 15 is 0 Å². The van der Waals surface area contributed by atoms with Gasteiger partial charge < -0.3 is 5.73 Å². The molecule has 172 valence electrons. The Kier molecular flexibility index (Phi) is 29.0. The molecule has 2 heteroatoms. The maximum absolute atomic E-state index is 5.36. The van der Waals surface area contributed by atoms with Gasteiger partial charge in [-0.3, -0.25) is 4.90 Å². The van der Waals surface area contributed by atoms with Gasteiger partial charge in [0, 0.05) is 0 Å². The van der Waals surface area contributed by atoms with Crippen molar-refractivity contribution >= 4 is 0 Å². The molecule has 1 atom stereocenters. The van der Waals surface area contributed by atoms with E-state index in [9.17, 15) is 0 Å². The third kappa shape index (κ3) is 30.6. The van der Waals surface area contributed by atoms with E-state index < -0.39 is 0 Å². The monoisotopic (exact) mass is 398 g/mol. The van der Waals surface area contributed by atoms with Crippen molar-refractivity contribution in [2.24, 2.45) is 5.73 Å².